The maximum atomic E-state index is 5.48. The molecule has 1 atom stereocenters. The summed E-state index contributed by atoms with van der Waals surface area (Å²) in [6, 6.07) is 3.84. The molecule has 2 rings (SSSR count). The minimum atomic E-state index is 0.100. The number of rotatable bonds is 4. The van der Waals surface area contributed by atoms with E-state index in [-0.39, 0.29) is 4.75 Å². The van der Waals surface area contributed by atoms with Gasteiger partial charge in [0.05, 0.1) is 26.9 Å². The predicted octanol–water partition coefficient (Wildman–Crippen LogP) is 3.06. The second kappa shape index (κ2) is 4.69. The van der Waals surface area contributed by atoms with Crippen molar-refractivity contribution in [2.45, 2.75) is 18.1 Å². The Morgan fingerprint density at radius 3 is 1.88 bits per heavy atom. The molecule has 0 aromatic heterocycles. The molecule has 0 amide bonds. The first-order chi connectivity index (χ1) is 8.14. The van der Waals surface area contributed by atoms with Crippen molar-refractivity contribution in [1.82, 2.24) is 0 Å². The molecule has 0 spiro atoms. The Balaban J connectivity index is 2.54. The minimum absolute atomic E-state index is 0.100. The minimum Gasteiger partial charge on any atom is -0.496 e. The lowest BCUT2D eigenvalue weighted by molar-refractivity contribution is 0.359. The van der Waals surface area contributed by atoms with Crippen molar-refractivity contribution >= 4 is 11.8 Å². The molecule has 0 radical (unpaired) electrons. The van der Waals surface area contributed by atoms with Gasteiger partial charge in [0.25, 0.3) is 0 Å². The van der Waals surface area contributed by atoms with Gasteiger partial charge in [-0.1, -0.05) is 0 Å². The van der Waals surface area contributed by atoms with Gasteiger partial charge < -0.3 is 14.2 Å². The van der Waals surface area contributed by atoms with Crippen LogP contribution in [0.3, 0.4) is 0 Å². The first-order valence-corrected chi connectivity index (χ1v) is 6.57. The number of benzene rings is 1. The van der Waals surface area contributed by atoms with E-state index in [1.165, 1.54) is 5.75 Å². The molecule has 4 heteroatoms. The third kappa shape index (κ3) is 2.06. The number of ether oxygens (including phenoxy) is 3. The highest BCUT2D eigenvalue weighted by Gasteiger charge is 2.39. The second-order valence-corrected chi connectivity index (χ2v) is 5.83. The summed E-state index contributed by atoms with van der Waals surface area (Å²) in [6.07, 6.45) is 1.15. The Labute approximate surface area is 106 Å². The fourth-order valence-electron chi connectivity index (χ4n) is 2.13. The van der Waals surface area contributed by atoms with Crippen LogP contribution in [0, 0.1) is 0 Å². The number of hydrogen-bond donors (Lipinski definition) is 0. The predicted molar refractivity (Wildman–Crippen MR) is 70.5 cm³/mol. The highest BCUT2D eigenvalue weighted by Crippen LogP contribution is 2.55. The van der Waals surface area contributed by atoms with Crippen LogP contribution in [-0.2, 0) is 4.75 Å². The van der Waals surface area contributed by atoms with E-state index in [0.717, 1.165) is 29.2 Å². The normalized spacial score (nSPS) is 22.8. The van der Waals surface area contributed by atoms with Crippen molar-refractivity contribution in [2.24, 2.45) is 0 Å². The molecule has 1 aromatic carbocycles. The van der Waals surface area contributed by atoms with E-state index in [9.17, 15) is 0 Å². The highest BCUT2D eigenvalue weighted by molar-refractivity contribution is 8.01. The number of hydrogen-bond acceptors (Lipinski definition) is 4. The summed E-state index contributed by atoms with van der Waals surface area (Å²) >= 11 is 1.93. The van der Waals surface area contributed by atoms with Crippen molar-refractivity contribution < 1.29 is 14.2 Å². The molecule has 1 aromatic rings. The third-order valence-electron chi connectivity index (χ3n) is 3.24. The summed E-state index contributed by atoms with van der Waals surface area (Å²) in [6.45, 7) is 2.23. The first-order valence-electron chi connectivity index (χ1n) is 5.59. The van der Waals surface area contributed by atoms with Crippen LogP contribution in [0.5, 0.6) is 17.2 Å². The van der Waals surface area contributed by atoms with Gasteiger partial charge in [0.2, 0.25) is 0 Å². The molecular formula is C13H18O3S. The van der Waals surface area contributed by atoms with Crippen LogP contribution < -0.4 is 14.2 Å². The summed E-state index contributed by atoms with van der Waals surface area (Å²) in [7, 11) is 5.02. The summed E-state index contributed by atoms with van der Waals surface area (Å²) in [5, 5.41) is 0. The smallest absolute Gasteiger partial charge is 0.130 e. The highest BCUT2D eigenvalue weighted by atomic mass is 32.2. The largest absolute Gasteiger partial charge is 0.496 e. The lowest BCUT2D eigenvalue weighted by Gasteiger charge is -2.39. The topological polar surface area (TPSA) is 27.7 Å². The second-order valence-electron chi connectivity index (χ2n) is 4.24. The van der Waals surface area contributed by atoms with Gasteiger partial charge in [0, 0.05) is 16.9 Å². The fraction of sp³-hybridized carbons (Fsp3) is 0.538. The molecule has 0 bridgehead atoms. The van der Waals surface area contributed by atoms with Crippen LogP contribution in [0.25, 0.3) is 0 Å². The van der Waals surface area contributed by atoms with Crippen LogP contribution in [0.1, 0.15) is 18.9 Å². The molecule has 0 N–H and O–H groups in total. The molecule has 94 valence electrons. The maximum absolute atomic E-state index is 5.48. The Morgan fingerprint density at radius 2 is 1.59 bits per heavy atom. The van der Waals surface area contributed by atoms with Gasteiger partial charge in [0.15, 0.2) is 0 Å². The molecule has 0 saturated carbocycles. The Kier molecular flexibility index (Phi) is 3.43. The SMILES string of the molecule is COc1cc(OC)c(C2(C)CCS2)c(OC)c1. The third-order valence-corrected chi connectivity index (χ3v) is 4.70. The van der Waals surface area contributed by atoms with Gasteiger partial charge in [0.1, 0.15) is 17.2 Å². The fourth-order valence-corrected chi connectivity index (χ4v) is 3.29. The van der Waals surface area contributed by atoms with E-state index in [0.29, 0.717) is 0 Å². The Hall–Kier alpha value is -1.03. The van der Waals surface area contributed by atoms with Crippen LogP contribution in [0.15, 0.2) is 12.1 Å². The van der Waals surface area contributed by atoms with Crippen molar-refractivity contribution in [2.75, 3.05) is 27.1 Å². The monoisotopic (exact) mass is 254 g/mol. The van der Waals surface area contributed by atoms with Crippen molar-refractivity contribution in [1.29, 1.82) is 0 Å². The van der Waals surface area contributed by atoms with Gasteiger partial charge in [-0.2, -0.15) is 11.8 Å². The van der Waals surface area contributed by atoms with E-state index >= 15 is 0 Å². The van der Waals surface area contributed by atoms with Crippen LogP contribution in [0.4, 0.5) is 0 Å². The molecule has 1 saturated heterocycles. The van der Waals surface area contributed by atoms with Gasteiger partial charge >= 0.3 is 0 Å². The van der Waals surface area contributed by atoms with Gasteiger partial charge in [-0.15, -0.1) is 0 Å². The van der Waals surface area contributed by atoms with Crippen LogP contribution in [-0.4, -0.2) is 27.1 Å². The van der Waals surface area contributed by atoms with Gasteiger partial charge in [-0.05, 0) is 19.1 Å². The molecule has 1 heterocycles. The molecule has 1 aliphatic rings. The average Bonchev–Trinajstić information content (AvgIpc) is 2.34. The molecule has 17 heavy (non-hydrogen) atoms. The number of methoxy groups -OCH3 is 3. The summed E-state index contributed by atoms with van der Waals surface area (Å²) in [5.74, 6) is 3.64. The maximum Gasteiger partial charge on any atom is 0.130 e. The van der Waals surface area contributed by atoms with Gasteiger partial charge in [-0.3, -0.25) is 0 Å². The van der Waals surface area contributed by atoms with E-state index < -0.39 is 0 Å². The zero-order valence-corrected chi connectivity index (χ0v) is 11.5. The molecular weight excluding hydrogens is 236 g/mol. The molecule has 1 aliphatic heterocycles. The summed E-state index contributed by atoms with van der Waals surface area (Å²) in [4.78, 5) is 0. The van der Waals surface area contributed by atoms with E-state index in [1.54, 1.807) is 21.3 Å². The molecule has 1 unspecified atom stereocenters. The van der Waals surface area contributed by atoms with E-state index in [2.05, 4.69) is 6.92 Å². The average molecular weight is 254 g/mol. The zero-order chi connectivity index (χ0) is 12.5. The Bertz CT molecular complexity index is 388. The van der Waals surface area contributed by atoms with Crippen LogP contribution in [0.2, 0.25) is 0 Å². The molecule has 3 nitrogen and oxygen atoms in total. The van der Waals surface area contributed by atoms with Crippen LogP contribution >= 0.6 is 11.8 Å². The summed E-state index contributed by atoms with van der Waals surface area (Å²) < 4.78 is 16.3. The summed E-state index contributed by atoms with van der Waals surface area (Å²) in [5.41, 5.74) is 1.14. The van der Waals surface area contributed by atoms with Crippen molar-refractivity contribution in [3.8, 4) is 17.2 Å². The molecule has 1 fully saturated rings. The number of thioether (sulfide) groups is 1. The zero-order valence-electron chi connectivity index (χ0n) is 10.7. The molecule has 0 aliphatic carbocycles. The lowest BCUT2D eigenvalue weighted by Crippen LogP contribution is -2.29. The lowest BCUT2D eigenvalue weighted by atomic mass is 9.94. The first kappa shape index (κ1) is 12.4. The quantitative estimate of drug-likeness (QED) is 0.825. The van der Waals surface area contributed by atoms with Crippen molar-refractivity contribution in [3.05, 3.63) is 17.7 Å². The standard InChI is InChI=1S/C13H18O3S/c1-13(5-6-17-13)12-10(15-3)7-9(14-2)8-11(12)16-4/h7-8H,5-6H2,1-4H3. The Morgan fingerprint density at radius 1 is 1.06 bits per heavy atom. The van der Waals surface area contributed by atoms with E-state index in [4.69, 9.17) is 14.2 Å². The van der Waals surface area contributed by atoms with E-state index in [1.807, 2.05) is 23.9 Å². The van der Waals surface area contributed by atoms with Gasteiger partial charge in [-0.25, -0.2) is 0 Å². The van der Waals surface area contributed by atoms with Crippen molar-refractivity contribution in [3.63, 3.8) is 0 Å².